The maximum atomic E-state index is 12.0. The van der Waals surface area contributed by atoms with E-state index < -0.39 is 11.9 Å². The number of carbonyl (C=O) groups is 2. The van der Waals surface area contributed by atoms with Crippen LogP contribution in [0.4, 0.5) is 17.3 Å². The highest BCUT2D eigenvalue weighted by atomic mass is 16.1. The molecule has 0 aliphatic rings. The molecule has 0 aliphatic heterocycles. The SMILES string of the molecule is CC(C)[C@H](C=O)N(N)c1nc(Nc2cccc(-n3nccn3)c2)c(C(N)=O)cc1C#N. The van der Waals surface area contributed by atoms with Crippen LogP contribution in [-0.2, 0) is 4.79 Å². The van der Waals surface area contributed by atoms with Crippen LogP contribution in [0.15, 0.2) is 42.7 Å². The molecular formula is C20H21N9O2. The summed E-state index contributed by atoms with van der Waals surface area (Å²) in [6, 6.07) is 9.60. The van der Waals surface area contributed by atoms with Crippen molar-refractivity contribution >= 4 is 29.5 Å². The maximum Gasteiger partial charge on any atom is 0.252 e. The Morgan fingerprint density at radius 3 is 2.58 bits per heavy atom. The highest BCUT2D eigenvalue weighted by molar-refractivity contribution is 5.99. The number of nitrogens with one attached hydrogen (secondary N) is 1. The van der Waals surface area contributed by atoms with Crippen LogP contribution in [0.2, 0.25) is 0 Å². The minimum absolute atomic E-state index is 0.00326. The van der Waals surface area contributed by atoms with E-state index in [-0.39, 0.29) is 28.7 Å². The summed E-state index contributed by atoms with van der Waals surface area (Å²) in [4.78, 5) is 29.3. The normalized spacial score (nSPS) is 11.6. The summed E-state index contributed by atoms with van der Waals surface area (Å²) in [5.41, 5.74) is 6.77. The Kier molecular flexibility index (Phi) is 6.23. The fraction of sp³-hybridized carbons (Fsp3) is 0.200. The molecule has 0 fully saturated rings. The minimum atomic E-state index is -0.776. The molecule has 0 saturated carbocycles. The van der Waals surface area contributed by atoms with Crippen LogP contribution in [0.5, 0.6) is 0 Å². The van der Waals surface area contributed by atoms with Crippen molar-refractivity contribution in [2.75, 3.05) is 10.3 Å². The Morgan fingerprint density at radius 1 is 1.29 bits per heavy atom. The summed E-state index contributed by atoms with van der Waals surface area (Å²) in [6.45, 7) is 3.63. The number of hydrogen-bond acceptors (Lipinski definition) is 9. The standard InChI is InChI=1S/C20H21N9O2/c1-12(2)17(11-30)28(23)20-13(10-21)8-16(18(22)31)19(27-20)26-14-4-3-5-15(9-14)29-24-6-7-25-29/h3-9,11-12,17H,23H2,1-2H3,(H2,22,31)(H,26,27)/t17-/m0/s1. The van der Waals surface area contributed by atoms with E-state index in [1.807, 2.05) is 19.9 Å². The molecule has 2 aromatic heterocycles. The van der Waals surface area contributed by atoms with Crippen molar-refractivity contribution < 1.29 is 9.59 Å². The zero-order valence-corrected chi connectivity index (χ0v) is 16.9. The van der Waals surface area contributed by atoms with E-state index in [1.165, 1.54) is 10.9 Å². The molecule has 3 rings (SSSR count). The number of nitriles is 1. The first-order chi connectivity index (χ1) is 14.8. The Balaban J connectivity index is 2.07. The molecule has 158 valence electrons. The molecule has 31 heavy (non-hydrogen) atoms. The lowest BCUT2D eigenvalue weighted by Gasteiger charge is -2.28. The predicted octanol–water partition coefficient (Wildman–Crippen LogP) is 1.28. The molecule has 0 radical (unpaired) electrons. The molecule has 0 bridgehead atoms. The van der Waals surface area contributed by atoms with Gasteiger partial charge >= 0.3 is 0 Å². The van der Waals surface area contributed by atoms with Crippen LogP contribution in [0.3, 0.4) is 0 Å². The van der Waals surface area contributed by atoms with Crippen LogP contribution in [0, 0.1) is 17.2 Å². The van der Waals surface area contributed by atoms with E-state index in [2.05, 4.69) is 20.5 Å². The van der Waals surface area contributed by atoms with Crippen molar-refractivity contribution in [2.45, 2.75) is 19.9 Å². The second-order valence-corrected chi connectivity index (χ2v) is 7.00. The first kappa shape index (κ1) is 21.4. The van der Waals surface area contributed by atoms with Gasteiger partial charge in [0.25, 0.3) is 5.91 Å². The van der Waals surface area contributed by atoms with E-state index in [4.69, 9.17) is 11.6 Å². The van der Waals surface area contributed by atoms with Crippen LogP contribution < -0.4 is 21.9 Å². The number of benzene rings is 1. The fourth-order valence-electron chi connectivity index (χ4n) is 2.94. The molecule has 2 heterocycles. The van der Waals surface area contributed by atoms with Crippen molar-refractivity contribution in [1.29, 1.82) is 5.26 Å². The Bertz CT molecular complexity index is 1140. The molecule has 5 N–H and O–H groups in total. The lowest BCUT2D eigenvalue weighted by atomic mass is 10.0. The summed E-state index contributed by atoms with van der Waals surface area (Å²) in [6.07, 6.45) is 3.78. The number of aldehydes is 1. The number of rotatable bonds is 8. The highest BCUT2D eigenvalue weighted by Crippen LogP contribution is 2.27. The zero-order valence-electron chi connectivity index (χ0n) is 16.9. The Hall–Kier alpha value is -4.30. The Morgan fingerprint density at radius 2 is 2.00 bits per heavy atom. The van der Waals surface area contributed by atoms with Gasteiger partial charge in [0.1, 0.15) is 24.2 Å². The number of nitrogens with zero attached hydrogens (tertiary/aromatic N) is 6. The number of amides is 1. The average molecular weight is 419 g/mol. The van der Waals surface area contributed by atoms with Gasteiger partial charge in [-0.05, 0) is 30.2 Å². The van der Waals surface area contributed by atoms with Crippen LogP contribution in [-0.4, -0.2) is 38.2 Å². The van der Waals surface area contributed by atoms with Gasteiger partial charge in [0, 0.05) is 5.69 Å². The summed E-state index contributed by atoms with van der Waals surface area (Å²) < 4.78 is 0. The maximum absolute atomic E-state index is 12.0. The number of hydrogen-bond donors (Lipinski definition) is 3. The molecule has 0 aliphatic carbocycles. The van der Waals surface area contributed by atoms with E-state index in [1.54, 1.807) is 36.7 Å². The van der Waals surface area contributed by atoms with E-state index in [9.17, 15) is 14.9 Å². The minimum Gasteiger partial charge on any atom is -0.365 e. The van der Waals surface area contributed by atoms with Gasteiger partial charge in [0.05, 0.1) is 29.2 Å². The number of primary amides is 1. The number of carbonyl (C=O) groups excluding carboxylic acids is 2. The summed E-state index contributed by atoms with van der Waals surface area (Å²) in [5.74, 6) is 5.36. The molecule has 0 spiro atoms. The van der Waals surface area contributed by atoms with Gasteiger partial charge in [-0.3, -0.25) is 9.80 Å². The molecule has 1 amide bonds. The zero-order chi connectivity index (χ0) is 22.5. The first-order valence-corrected chi connectivity index (χ1v) is 9.33. The third kappa shape index (κ3) is 4.49. The molecule has 0 unspecified atom stereocenters. The van der Waals surface area contributed by atoms with E-state index in [0.717, 1.165) is 5.01 Å². The van der Waals surface area contributed by atoms with Crippen LogP contribution in [0.25, 0.3) is 5.69 Å². The average Bonchev–Trinajstić information content (AvgIpc) is 3.28. The van der Waals surface area contributed by atoms with E-state index in [0.29, 0.717) is 17.7 Å². The van der Waals surface area contributed by atoms with Crippen LogP contribution in [0.1, 0.15) is 29.8 Å². The van der Waals surface area contributed by atoms with Crippen molar-refractivity contribution in [1.82, 2.24) is 20.0 Å². The molecule has 1 aromatic carbocycles. The third-order valence-electron chi connectivity index (χ3n) is 4.54. The van der Waals surface area contributed by atoms with Gasteiger partial charge in [-0.15, -0.1) is 0 Å². The van der Waals surface area contributed by atoms with Gasteiger partial charge < -0.3 is 15.8 Å². The first-order valence-electron chi connectivity index (χ1n) is 9.33. The molecular weight excluding hydrogens is 398 g/mol. The van der Waals surface area contributed by atoms with Crippen molar-refractivity contribution in [3.05, 3.63) is 53.9 Å². The second-order valence-electron chi connectivity index (χ2n) is 7.00. The van der Waals surface area contributed by atoms with Gasteiger partial charge in [0.2, 0.25) is 0 Å². The molecule has 0 saturated heterocycles. The lowest BCUT2D eigenvalue weighted by molar-refractivity contribution is -0.109. The number of pyridine rings is 1. The quantitative estimate of drug-likeness (QED) is 0.276. The number of aromatic nitrogens is 4. The van der Waals surface area contributed by atoms with E-state index >= 15 is 0 Å². The molecule has 1 atom stereocenters. The second kappa shape index (κ2) is 9.02. The summed E-state index contributed by atoms with van der Waals surface area (Å²) in [5, 5.41) is 21.9. The molecule has 11 heteroatoms. The monoisotopic (exact) mass is 419 g/mol. The Labute approximate surface area is 178 Å². The lowest BCUT2D eigenvalue weighted by Crippen LogP contribution is -2.46. The van der Waals surface area contributed by atoms with Crippen molar-refractivity contribution in [2.24, 2.45) is 17.5 Å². The largest absolute Gasteiger partial charge is 0.365 e. The van der Waals surface area contributed by atoms with Crippen molar-refractivity contribution in [3.8, 4) is 11.8 Å². The van der Waals surface area contributed by atoms with Gasteiger partial charge in [0.15, 0.2) is 5.82 Å². The van der Waals surface area contributed by atoms with Gasteiger partial charge in [-0.25, -0.2) is 10.8 Å². The highest BCUT2D eigenvalue weighted by Gasteiger charge is 2.25. The van der Waals surface area contributed by atoms with Gasteiger partial charge in [-0.1, -0.05) is 19.9 Å². The fourth-order valence-corrected chi connectivity index (χ4v) is 2.94. The topological polar surface area (TPSA) is 169 Å². The number of anilines is 3. The summed E-state index contributed by atoms with van der Waals surface area (Å²) >= 11 is 0. The summed E-state index contributed by atoms with van der Waals surface area (Å²) in [7, 11) is 0. The van der Waals surface area contributed by atoms with Crippen LogP contribution >= 0.6 is 0 Å². The molecule has 11 nitrogen and oxygen atoms in total. The number of nitrogens with two attached hydrogens (primary N) is 2. The molecule has 3 aromatic rings. The smallest absolute Gasteiger partial charge is 0.252 e. The third-order valence-corrected chi connectivity index (χ3v) is 4.54. The predicted molar refractivity (Wildman–Crippen MR) is 113 cm³/mol. The van der Waals surface area contributed by atoms with Gasteiger partial charge in [-0.2, -0.15) is 20.3 Å². The van der Waals surface area contributed by atoms with Crippen molar-refractivity contribution in [3.63, 3.8) is 0 Å². The number of hydrazine groups is 1.